The Bertz CT molecular complexity index is 857. The van der Waals surface area contributed by atoms with Gasteiger partial charge in [-0.15, -0.1) is 10.2 Å². The maximum atomic E-state index is 12.5. The van der Waals surface area contributed by atoms with Crippen molar-refractivity contribution in [1.82, 2.24) is 20.4 Å². The smallest absolute Gasteiger partial charge is 0.236 e. The second kappa shape index (κ2) is 10.9. The number of benzene rings is 1. The largest absolute Gasteiger partial charge is 0.497 e. The van der Waals surface area contributed by atoms with Crippen LogP contribution in [-0.4, -0.2) is 74.5 Å². The minimum atomic E-state index is 0.163. The minimum Gasteiger partial charge on any atom is -0.497 e. The first kappa shape index (κ1) is 22.8. The van der Waals surface area contributed by atoms with E-state index < -0.39 is 0 Å². The highest BCUT2D eigenvalue weighted by atomic mass is 16.5. The topological polar surface area (TPSA) is 79.8 Å². The number of carbonyl (C=O) groups is 1. The van der Waals surface area contributed by atoms with Gasteiger partial charge in [0.05, 0.1) is 26.5 Å². The van der Waals surface area contributed by atoms with Crippen LogP contribution in [0.3, 0.4) is 0 Å². The van der Waals surface area contributed by atoms with E-state index in [0.717, 1.165) is 55.4 Å². The van der Waals surface area contributed by atoms with Gasteiger partial charge in [-0.1, -0.05) is 13.8 Å². The molecule has 1 aliphatic rings. The van der Waals surface area contributed by atoms with Crippen molar-refractivity contribution >= 4 is 11.7 Å². The molecule has 31 heavy (non-hydrogen) atoms. The average Bonchev–Trinajstić information content (AvgIpc) is 3.05. The van der Waals surface area contributed by atoms with Crippen molar-refractivity contribution in [3.05, 3.63) is 30.3 Å². The van der Waals surface area contributed by atoms with Gasteiger partial charge in [0, 0.05) is 37.8 Å². The number of nitrogens with one attached hydrogen (secondary N) is 1. The van der Waals surface area contributed by atoms with Crippen molar-refractivity contribution in [2.45, 2.75) is 20.3 Å². The molecule has 1 saturated heterocycles. The number of methoxy groups -OCH3 is 2. The molecule has 0 saturated carbocycles. The molecule has 1 N–H and O–H groups in total. The lowest BCUT2D eigenvalue weighted by Gasteiger charge is -2.23. The fourth-order valence-electron chi connectivity index (χ4n) is 3.62. The molecule has 1 aromatic carbocycles. The molecule has 3 rings (SSSR count). The van der Waals surface area contributed by atoms with Gasteiger partial charge in [0.1, 0.15) is 11.5 Å². The van der Waals surface area contributed by atoms with Crippen molar-refractivity contribution in [2.75, 3.05) is 58.4 Å². The van der Waals surface area contributed by atoms with E-state index in [9.17, 15) is 4.79 Å². The third kappa shape index (κ3) is 6.07. The Labute approximate surface area is 184 Å². The van der Waals surface area contributed by atoms with E-state index in [4.69, 9.17) is 9.47 Å². The van der Waals surface area contributed by atoms with Gasteiger partial charge in [0.25, 0.3) is 0 Å². The Morgan fingerprint density at radius 2 is 1.90 bits per heavy atom. The van der Waals surface area contributed by atoms with Crippen LogP contribution in [-0.2, 0) is 4.79 Å². The lowest BCUT2D eigenvalue weighted by Crippen LogP contribution is -2.41. The number of anilines is 1. The number of aromatic nitrogens is 2. The second-order valence-electron chi connectivity index (χ2n) is 8.09. The monoisotopic (exact) mass is 427 g/mol. The Hall–Kier alpha value is -2.87. The highest BCUT2D eigenvalue weighted by Gasteiger charge is 2.20. The third-order valence-electron chi connectivity index (χ3n) is 5.34. The minimum absolute atomic E-state index is 0.163. The molecule has 2 heterocycles. The summed E-state index contributed by atoms with van der Waals surface area (Å²) >= 11 is 0. The van der Waals surface area contributed by atoms with Crippen LogP contribution in [0, 0.1) is 5.92 Å². The second-order valence-corrected chi connectivity index (χ2v) is 8.09. The van der Waals surface area contributed by atoms with Gasteiger partial charge in [-0.05, 0) is 43.1 Å². The fourth-order valence-corrected chi connectivity index (χ4v) is 3.62. The molecule has 8 nitrogen and oxygen atoms in total. The van der Waals surface area contributed by atoms with Gasteiger partial charge in [0.15, 0.2) is 5.82 Å². The van der Waals surface area contributed by atoms with Crippen LogP contribution in [0.15, 0.2) is 30.3 Å². The van der Waals surface area contributed by atoms with Crippen LogP contribution in [0.1, 0.15) is 20.3 Å². The fraction of sp³-hybridized carbons (Fsp3) is 0.522. The Morgan fingerprint density at radius 3 is 2.58 bits per heavy atom. The molecule has 0 aliphatic carbocycles. The van der Waals surface area contributed by atoms with Gasteiger partial charge in [0.2, 0.25) is 5.91 Å². The molecule has 8 heteroatoms. The van der Waals surface area contributed by atoms with Crippen molar-refractivity contribution in [3.8, 4) is 22.8 Å². The SMILES string of the molecule is COc1ccc(-c2ccc(N3CCCN(C(=O)CNCC(C)C)CC3)nn2)c(OC)c1. The van der Waals surface area contributed by atoms with Crippen LogP contribution in [0.4, 0.5) is 5.82 Å². The summed E-state index contributed by atoms with van der Waals surface area (Å²) in [5.74, 6) is 2.94. The van der Waals surface area contributed by atoms with Crippen molar-refractivity contribution in [3.63, 3.8) is 0 Å². The summed E-state index contributed by atoms with van der Waals surface area (Å²) < 4.78 is 10.7. The maximum Gasteiger partial charge on any atom is 0.236 e. The van der Waals surface area contributed by atoms with Crippen LogP contribution in [0.5, 0.6) is 11.5 Å². The molecule has 0 unspecified atom stereocenters. The number of nitrogens with zero attached hydrogens (tertiary/aromatic N) is 4. The highest BCUT2D eigenvalue weighted by Crippen LogP contribution is 2.32. The Morgan fingerprint density at radius 1 is 1.06 bits per heavy atom. The normalized spacial score (nSPS) is 14.5. The van der Waals surface area contributed by atoms with Crippen LogP contribution < -0.4 is 19.7 Å². The summed E-state index contributed by atoms with van der Waals surface area (Å²) in [6, 6.07) is 9.57. The molecule has 0 radical (unpaired) electrons. The van der Waals surface area contributed by atoms with Gasteiger partial charge >= 0.3 is 0 Å². The number of rotatable bonds is 8. The lowest BCUT2D eigenvalue weighted by atomic mass is 10.1. The summed E-state index contributed by atoms with van der Waals surface area (Å²) in [6.45, 7) is 8.59. The molecule has 168 valence electrons. The van der Waals surface area contributed by atoms with E-state index in [-0.39, 0.29) is 5.91 Å². The number of hydrogen-bond donors (Lipinski definition) is 1. The molecule has 0 spiro atoms. The quantitative estimate of drug-likeness (QED) is 0.693. The molecule has 0 bridgehead atoms. The molecule has 1 fully saturated rings. The highest BCUT2D eigenvalue weighted by molar-refractivity contribution is 5.78. The first-order valence-corrected chi connectivity index (χ1v) is 10.8. The van der Waals surface area contributed by atoms with E-state index in [0.29, 0.717) is 24.8 Å². The van der Waals surface area contributed by atoms with Crippen LogP contribution in [0.2, 0.25) is 0 Å². The van der Waals surface area contributed by atoms with E-state index in [1.807, 2.05) is 35.2 Å². The summed E-state index contributed by atoms with van der Waals surface area (Å²) in [4.78, 5) is 16.6. The summed E-state index contributed by atoms with van der Waals surface area (Å²) in [6.07, 6.45) is 0.908. The standard InChI is InChI=1S/C23H33N5O3/c1-17(2)15-24-16-23(29)28-11-5-10-27(12-13-28)22-9-8-20(25-26-22)19-7-6-18(30-3)14-21(19)31-4/h6-9,14,17,24H,5,10-13,15-16H2,1-4H3. The predicted molar refractivity (Wildman–Crippen MR) is 122 cm³/mol. The average molecular weight is 428 g/mol. The van der Waals surface area contributed by atoms with E-state index in [1.54, 1.807) is 14.2 Å². The van der Waals surface area contributed by atoms with Crippen LogP contribution in [0.25, 0.3) is 11.3 Å². The maximum absolute atomic E-state index is 12.5. The first-order valence-electron chi connectivity index (χ1n) is 10.8. The molecule has 1 amide bonds. The number of hydrogen-bond acceptors (Lipinski definition) is 7. The lowest BCUT2D eigenvalue weighted by molar-refractivity contribution is -0.130. The zero-order chi connectivity index (χ0) is 22.2. The molecule has 1 aliphatic heterocycles. The van der Waals surface area contributed by atoms with Gasteiger partial charge in [-0.3, -0.25) is 4.79 Å². The van der Waals surface area contributed by atoms with E-state index in [2.05, 4.69) is 34.3 Å². The van der Waals surface area contributed by atoms with Gasteiger partial charge < -0.3 is 24.6 Å². The molecular weight excluding hydrogens is 394 g/mol. The molecular formula is C23H33N5O3. The van der Waals surface area contributed by atoms with Crippen LogP contribution >= 0.6 is 0 Å². The zero-order valence-corrected chi connectivity index (χ0v) is 18.9. The molecule has 2 aromatic rings. The van der Waals surface area contributed by atoms with Gasteiger partial charge in [-0.25, -0.2) is 0 Å². The molecule has 1 aromatic heterocycles. The molecule has 0 atom stereocenters. The number of carbonyl (C=O) groups excluding carboxylic acids is 1. The predicted octanol–water partition coefficient (Wildman–Crippen LogP) is 2.45. The number of ether oxygens (including phenoxy) is 2. The van der Waals surface area contributed by atoms with E-state index in [1.165, 1.54) is 0 Å². The summed E-state index contributed by atoms with van der Waals surface area (Å²) in [5.41, 5.74) is 1.61. The Balaban J connectivity index is 1.62. The van der Waals surface area contributed by atoms with Crippen molar-refractivity contribution in [2.24, 2.45) is 5.92 Å². The van der Waals surface area contributed by atoms with E-state index >= 15 is 0 Å². The third-order valence-corrected chi connectivity index (χ3v) is 5.34. The summed E-state index contributed by atoms with van der Waals surface area (Å²) in [5, 5.41) is 12.1. The first-order chi connectivity index (χ1) is 15.0. The Kier molecular flexibility index (Phi) is 8.06. The number of amides is 1. The van der Waals surface area contributed by atoms with Crippen molar-refractivity contribution in [1.29, 1.82) is 0 Å². The van der Waals surface area contributed by atoms with Gasteiger partial charge in [-0.2, -0.15) is 0 Å². The van der Waals surface area contributed by atoms with Crippen molar-refractivity contribution < 1.29 is 14.3 Å². The zero-order valence-electron chi connectivity index (χ0n) is 18.9. The summed E-state index contributed by atoms with van der Waals surface area (Å²) in [7, 11) is 3.25.